The van der Waals surface area contributed by atoms with Crippen molar-refractivity contribution in [1.82, 2.24) is 0 Å². The summed E-state index contributed by atoms with van der Waals surface area (Å²) >= 11 is 0. The first-order valence-corrected chi connectivity index (χ1v) is 9.97. The Hall–Kier alpha value is -2.66. The largest absolute Gasteiger partial charge is 0.384 e. The highest BCUT2D eigenvalue weighted by Crippen LogP contribution is 2.35. The van der Waals surface area contributed by atoms with Gasteiger partial charge in [-0.1, -0.05) is 31.2 Å². The fourth-order valence-electron chi connectivity index (χ4n) is 3.57. The molecule has 5 heteroatoms. The molecule has 3 rings (SSSR count). The lowest BCUT2D eigenvalue weighted by molar-refractivity contribution is -0.870. The number of quaternary nitrogens is 1. The van der Waals surface area contributed by atoms with Gasteiger partial charge in [-0.05, 0) is 18.6 Å². The maximum absolute atomic E-state index is 13.4. The highest BCUT2D eigenvalue weighted by atomic mass is 16.1. The highest BCUT2D eigenvalue weighted by molar-refractivity contribution is 6.31. The first kappa shape index (κ1) is 20.1. The fraction of sp³-hybridized carbons (Fsp3) is 0.391. The molecule has 0 saturated carbocycles. The fourth-order valence-corrected chi connectivity index (χ4v) is 3.57. The summed E-state index contributed by atoms with van der Waals surface area (Å²) < 4.78 is 0.895. The van der Waals surface area contributed by atoms with Crippen molar-refractivity contribution in [2.24, 2.45) is 0 Å². The van der Waals surface area contributed by atoms with Crippen LogP contribution in [0.2, 0.25) is 0 Å². The Morgan fingerprint density at radius 2 is 1.32 bits per heavy atom. The summed E-state index contributed by atoms with van der Waals surface area (Å²) in [5.74, 6) is -0.168. The minimum Gasteiger partial charge on any atom is -0.384 e. The first-order chi connectivity index (χ1) is 13.3. The van der Waals surface area contributed by atoms with Gasteiger partial charge in [0.05, 0.1) is 38.8 Å². The molecule has 5 nitrogen and oxygen atoms in total. The number of nitrogens with zero attached hydrogens (tertiary/aromatic N) is 1. The number of ketones is 2. The molecule has 0 aromatic heterocycles. The van der Waals surface area contributed by atoms with E-state index in [1.807, 2.05) is 24.3 Å². The Kier molecular flexibility index (Phi) is 5.84. The van der Waals surface area contributed by atoms with Gasteiger partial charge in [0.1, 0.15) is 0 Å². The summed E-state index contributed by atoms with van der Waals surface area (Å²) in [5, 5.41) is 6.68. The van der Waals surface area contributed by atoms with E-state index in [0.29, 0.717) is 22.3 Å². The second-order valence-electron chi connectivity index (χ2n) is 8.34. The normalized spacial score (nSPS) is 13.1. The van der Waals surface area contributed by atoms with Crippen LogP contribution in [0.1, 0.15) is 51.6 Å². The topological polar surface area (TPSA) is 58.2 Å². The predicted octanol–water partition coefficient (Wildman–Crippen LogP) is 3.79. The van der Waals surface area contributed by atoms with E-state index < -0.39 is 0 Å². The number of rotatable bonds is 8. The third kappa shape index (κ3) is 4.09. The van der Waals surface area contributed by atoms with Crippen LogP contribution in [0.25, 0.3) is 0 Å². The molecule has 0 unspecified atom stereocenters. The number of hydrogen-bond donors (Lipinski definition) is 2. The summed E-state index contributed by atoms with van der Waals surface area (Å²) in [6, 6.07) is 10.9. The molecule has 2 aromatic rings. The van der Waals surface area contributed by atoms with E-state index in [2.05, 4.69) is 38.7 Å². The molecule has 0 heterocycles. The van der Waals surface area contributed by atoms with Crippen molar-refractivity contribution in [2.75, 3.05) is 51.4 Å². The zero-order valence-electron chi connectivity index (χ0n) is 17.3. The van der Waals surface area contributed by atoms with E-state index in [4.69, 9.17) is 0 Å². The van der Waals surface area contributed by atoms with Crippen LogP contribution in [0.5, 0.6) is 0 Å². The monoisotopic (exact) mass is 380 g/mol. The molecule has 0 bridgehead atoms. The van der Waals surface area contributed by atoms with Gasteiger partial charge in [-0.2, -0.15) is 0 Å². The van der Waals surface area contributed by atoms with Crippen molar-refractivity contribution in [3.05, 3.63) is 58.7 Å². The standard InChI is InChI=1S/C23H29N3O2/c1-5-13-24-18-11-6-9-16-20(18)23(28)21-17(22(16)27)10-7-12-19(21)25-14-8-15-26(2,3)4/h6-7,9-12H,5,8,13-15H2,1-4H3,(H-,24,25,28)/p+1. The number of carbonyl (C=O) groups excluding carboxylic acids is 2. The third-order valence-electron chi connectivity index (χ3n) is 4.96. The van der Waals surface area contributed by atoms with Crippen LogP contribution in [0.3, 0.4) is 0 Å². The van der Waals surface area contributed by atoms with Gasteiger partial charge in [0.2, 0.25) is 0 Å². The summed E-state index contributed by atoms with van der Waals surface area (Å²) in [7, 11) is 6.48. The number of carbonyl (C=O) groups is 2. The molecular weight excluding hydrogens is 350 g/mol. The van der Waals surface area contributed by atoms with Crippen LogP contribution in [0.15, 0.2) is 36.4 Å². The zero-order chi connectivity index (χ0) is 20.3. The Morgan fingerprint density at radius 1 is 0.786 bits per heavy atom. The van der Waals surface area contributed by atoms with Crippen LogP contribution in [0.4, 0.5) is 11.4 Å². The second kappa shape index (κ2) is 8.15. The zero-order valence-corrected chi connectivity index (χ0v) is 17.3. The van der Waals surface area contributed by atoms with Gasteiger partial charge in [-0.15, -0.1) is 0 Å². The van der Waals surface area contributed by atoms with Crippen LogP contribution < -0.4 is 10.6 Å². The number of fused-ring (bicyclic) bond motifs is 2. The van der Waals surface area contributed by atoms with Crippen molar-refractivity contribution < 1.29 is 14.1 Å². The van der Waals surface area contributed by atoms with Crippen molar-refractivity contribution in [3.8, 4) is 0 Å². The van der Waals surface area contributed by atoms with E-state index in [9.17, 15) is 9.59 Å². The van der Waals surface area contributed by atoms with Gasteiger partial charge in [0.25, 0.3) is 0 Å². The molecule has 28 heavy (non-hydrogen) atoms. The minimum atomic E-state index is -0.0847. The molecule has 148 valence electrons. The molecule has 0 amide bonds. The Balaban J connectivity index is 1.92. The van der Waals surface area contributed by atoms with Gasteiger partial charge in [0, 0.05) is 42.0 Å². The average Bonchev–Trinajstić information content (AvgIpc) is 2.66. The molecule has 0 fully saturated rings. The van der Waals surface area contributed by atoms with Crippen molar-refractivity contribution in [2.45, 2.75) is 19.8 Å². The SMILES string of the molecule is CCCNc1cccc2c1C(=O)c1c(NCCC[N+](C)(C)C)cccc1C2=O. The first-order valence-electron chi connectivity index (χ1n) is 9.97. The lowest BCUT2D eigenvalue weighted by atomic mass is 9.82. The molecule has 0 spiro atoms. The number of nitrogens with one attached hydrogen (secondary N) is 2. The van der Waals surface area contributed by atoms with Gasteiger partial charge >= 0.3 is 0 Å². The van der Waals surface area contributed by atoms with Crippen LogP contribution in [0, 0.1) is 0 Å². The lowest BCUT2D eigenvalue weighted by Gasteiger charge is -2.25. The summed E-state index contributed by atoms with van der Waals surface area (Å²) in [6.45, 7) is 4.62. The van der Waals surface area contributed by atoms with Crippen molar-refractivity contribution in [3.63, 3.8) is 0 Å². The van der Waals surface area contributed by atoms with Crippen LogP contribution in [-0.4, -0.2) is 56.8 Å². The molecule has 1 aliphatic rings. The van der Waals surface area contributed by atoms with Crippen LogP contribution in [-0.2, 0) is 0 Å². The van der Waals surface area contributed by atoms with E-state index in [0.717, 1.165) is 48.3 Å². The predicted molar refractivity (Wildman–Crippen MR) is 115 cm³/mol. The number of hydrogen-bond acceptors (Lipinski definition) is 4. The molecule has 0 saturated heterocycles. The quantitative estimate of drug-likeness (QED) is 0.461. The molecular formula is C23H30N3O2+. The van der Waals surface area contributed by atoms with E-state index in [1.54, 1.807) is 12.1 Å². The molecule has 2 N–H and O–H groups in total. The van der Waals surface area contributed by atoms with Crippen molar-refractivity contribution >= 4 is 22.9 Å². The van der Waals surface area contributed by atoms with Gasteiger partial charge < -0.3 is 15.1 Å². The molecule has 0 atom stereocenters. The van der Waals surface area contributed by atoms with Crippen molar-refractivity contribution in [1.29, 1.82) is 0 Å². The molecule has 0 radical (unpaired) electrons. The van der Waals surface area contributed by atoms with Crippen LogP contribution >= 0.6 is 0 Å². The van der Waals surface area contributed by atoms with Gasteiger partial charge in [-0.25, -0.2) is 0 Å². The van der Waals surface area contributed by atoms with E-state index in [1.165, 1.54) is 0 Å². The highest BCUT2D eigenvalue weighted by Gasteiger charge is 2.33. The Bertz CT molecular complexity index is 897. The Morgan fingerprint density at radius 3 is 1.82 bits per heavy atom. The van der Waals surface area contributed by atoms with E-state index >= 15 is 0 Å². The number of benzene rings is 2. The Labute approximate surface area is 167 Å². The van der Waals surface area contributed by atoms with E-state index in [-0.39, 0.29) is 11.6 Å². The summed E-state index contributed by atoms with van der Waals surface area (Å²) in [4.78, 5) is 26.5. The average molecular weight is 381 g/mol. The van der Waals surface area contributed by atoms with Gasteiger partial charge in [-0.3, -0.25) is 9.59 Å². The van der Waals surface area contributed by atoms with Gasteiger partial charge in [0.15, 0.2) is 11.6 Å². The minimum absolute atomic E-state index is 0.0836. The molecule has 2 aromatic carbocycles. The summed E-state index contributed by atoms with van der Waals surface area (Å²) in [6.07, 6.45) is 1.93. The maximum Gasteiger partial charge on any atom is 0.198 e. The summed E-state index contributed by atoms with van der Waals surface area (Å²) in [5.41, 5.74) is 3.45. The smallest absolute Gasteiger partial charge is 0.198 e. The molecule has 0 aliphatic heterocycles. The maximum atomic E-state index is 13.4. The third-order valence-corrected chi connectivity index (χ3v) is 4.96. The lowest BCUT2D eigenvalue weighted by Crippen LogP contribution is -2.36. The second-order valence-corrected chi connectivity index (χ2v) is 8.34. The molecule has 1 aliphatic carbocycles. The number of anilines is 2.